The highest BCUT2D eigenvalue weighted by Crippen LogP contribution is 2.11. The van der Waals surface area contributed by atoms with E-state index in [4.69, 9.17) is 10.2 Å². The molecule has 0 saturated heterocycles. The van der Waals surface area contributed by atoms with Crippen LogP contribution < -0.4 is 0 Å². The molecule has 0 saturated carbocycles. The van der Waals surface area contributed by atoms with Crippen LogP contribution in [0.3, 0.4) is 0 Å². The monoisotopic (exact) mass is 131 g/mol. The molecule has 0 amide bonds. The molecule has 9 heavy (non-hydrogen) atoms. The molecule has 0 fully saturated rings. The van der Waals surface area contributed by atoms with E-state index in [1.165, 1.54) is 5.92 Å². The van der Waals surface area contributed by atoms with Crippen molar-refractivity contribution >= 4 is 0 Å². The largest absolute Gasteiger partial charge is 0.396 e. The minimum Gasteiger partial charge on any atom is -0.396 e. The highest BCUT2D eigenvalue weighted by molar-refractivity contribution is 4.80. The lowest BCUT2D eigenvalue weighted by atomic mass is 9.99. The van der Waals surface area contributed by atoms with Gasteiger partial charge in [-0.2, -0.15) is 0 Å². The van der Waals surface area contributed by atoms with Gasteiger partial charge in [0.25, 0.3) is 0 Å². The normalized spacial score (nSPS) is 11.3. The highest BCUT2D eigenvalue weighted by atomic mass is 16.3. The Bertz CT molecular complexity index is 57.9. The predicted molar refractivity (Wildman–Crippen MR) is 36.9 cm³/mol. The van der Waals surface area contributed by atoms with E-state index in [0.29, 0.717) is 0 Å². The van der Waals surface area contributed by atoms with Crippen molar-refractivity contribution in [3.05, 3.63) is 5.92 Å². The van der Waals surface area contributed by atoms with Gasteiger partial charge in [0, 0.05) is 19.1 Å². The molecule has 2 N–H and O–H groups in total. The van der Waals surface area contributed by atoms with Crippen molar-refractivity contribution in [1.29, 1.82) is 0 Å². The predicted octanol–water partition coefficient (Wildman–Crippen LogP) is 0.592. The molecular weight excluding hydrogens is 116 g/mol. The van der Waals surface area contributed by atoms with Gasteiger partial charge in [-0.1, -0.05) is 13.8 Å². The second kappa shape index (κ2) is 4.77. The first-order valence-corrected chi connectivity index (χ1v) is 3.21. The molecule has 0 bridgehead atoms. The third-order valence-electron chi connectivity index (χ3n) is 1.21. The minimum atomic E-state index is 0.0509. The van der Waals surface area contributed by atoms with E-state index in [-0.39, 0.29) is 19.1 Å². The molecule has 0 atom stereocenters. The maximum absolute atomic E-state index is 8.60. The molecule has 2 nitrogen and oxygen atoms in total. The Kier molecular flexibility index (Phi) is 4.72. The molecule has 55 valence electrons. The summed E-state index contributed by atoms with van der Waals surface area (Å²) < 4.78 is 0. The Balaban J connectivity index is 3.31. The van der Waals surface area contributed by atoms with Crippen LogP contribution in [0.2, 0.25) is 0 Å². The number of aliphatic hydroxyl groups excluding tert-OH is 2. The van der Waals surface area contributed by atoms with Gasteiger partial charge in [-0.3, -0.25) is 0 Å². The van der Waals surface area contributed by atoms with E-state index in [1.54, 1.807) is 0 Å². The van der Waals surface area contributed by atoms with Crippen LogP contribution in [-0.4, -0.2) is 23.4 Å². The summed E-state index contributed by atoms with van der Waals surface area (Å²) in [6.07, 6.45) is 0.826. The molecule has 1 radical (unpaired) electrons. The van der Waals surface area contributed by atoms with Crippen LogP contribution in [0.15, 0.2) is 0 Å². The maximum atomic E-state index is 8.60. The Morgan fingerprint density at radius 2 is 1.67 bits per heavy atom. The first-order chi connectivity index (χ1) is 4.20. The summed E-state index contributed by atoms with van der Waals surface area (Å²) in [6, 6.07) is 0. The molecular formula is C7H15O2. The van der Waals surface area contributed by atoms with Gasteiger partial charge in [0.05, 0.1) is 0 Å². The first-order valence-electron chi connectivity index (χ1n) is 3.21. The molecule has 2 heteroatoms. The van der Waals surface area contributed by atoms with Gasteiger partial charge in [-0.25, -0.2) is 0 Å². The fourth-order valence-electron chi connectivity index (χ4n) is 0.764. The van der Waals surface area contributed by atoms with Gasteiger partial charge in [0.2, 0.25) is 0 Å². The van der Waals surface area contributed by atoms with Crippen LogP contribution in [0, 0.1) is 11.8 Å². The zero-order chi connectivity index (χ0) is 7.28. The number of rotatable bonds is 4. The Labute approximate surface area is 56.5 Å². The topological polar surface area (TPSA) is 40.5 Å². The lowest BCUT2D eigenvalue weighted by Crippen LogP contribution is -2.12. The second-order valence-corrected chi connectivity index (χ2v) is 2.64. The number of aliphatic hydroxyl groups is 2. The maximum Gasteiger partial charge on any atom is 0.0481 e. The highest BCUT2D eigenvalue weighted by Gasteiger charge is 2.07. The third-order valence-corrected chi connectivity index (χ3v) is 1.21. The van der Waals surface area contributed by atoms with Crippen LogP contribution in [0.1, 0.15) is 20.3 Å². The van der Waals surface area contributed by atoms with Gasteiger partial charge in [-0.05, 0) is 12.3 Å². The molecule has 0 aromatic carbocycles. The summed E-state index contributed by atoms with van der Waals surface area (Å²) in [7, 11) is 0. The lowest BCUT2D eigenvalue weighted by molar-refractivity contribution is 0.146. The SMILES string of the molecule is C[C](C)CC(CO)CO. The van der Waals surface area contributed by atoms with E-state index in [0.717, 1.165) is 6.42 Å². The van der Waals surface area contributed by atoms with Crippen molar-refractivity contribution in [1.82, 2.24) is 0 Å². The van der Waals surface area contributed by atoms with Crippen molar-refractivity contribution in [2.24, 2.45) is 5.92 Å². The van der Waals surface area contributed by atoms with E-state index in [2.05, 4.69) is 0 Å². The molecule has 0 aromatic heterocycles. The number of hydrogen-bond donors (Lipinski definition) is 2. The van der Waals surface area contributed by atoms with Crippen LogP contribution in [0.4, 0.5) is 0 Å². The van der Waals surface area contributed by atoms with Crippen molar-refractivity contribution in [3.63, 3.8) is 0 Å². The number of hydrogen-bond acceptors (Lipinski definition) is 2. The van der Waals surface area contributed by atoms with E-state index in [1.807, 2.05) is 13.8 Å². The van der Waals surface area contributed by atoms with Crippen molar-refractivity contribution in [3.8, 4) is 0 Å². The molecule has 0 aliphatic rings. The standard InChI is InChI=1S/C7H15O2/c1-6(2)3-7(4-8)5-9/h7-9H,3-5H2,1-2H3. The van der Waals surface area contributed by atoms with Crippen molar-refractivity contribution < 1.29 is 10.2 Å². The molecule has 0 aliphatic carbocycles. The van der Waals surface area contributed by atoms with Crippen molar-refractivity contribution in [2.75, 3.05) is 13.2 Å². The summed E-state index contributed by atoms with van der Waals surface area (Å²) in [4.78, 5) is 0. The lowest BCUT2D eigenvalue weighted by Gasteiger charge is -2.11. The summed E-state index contributed by atoms with van der Waals surface area (Å²) in [6.45, 7) is 4.17. The van der Waals surface area contributed by atoms with Gasteiger partial charge in [0.15, 0.2) is 0 Å². The van der Waals surface area contributed by atoms with Crippen molar-refractivity contribution in [2.45, 2.75) is 20.3 Å². The Hall–Kier alpha value is -0.0800. The van der Waals surface area contributed by atoms with Crippen LogP contribution in [0.25, 0.3) is 0 Å². The minimum absolute atomic E-state index is 0.0509. The fraction of sp³-hybridized carbons (Fsp3) is 0.857. The molecule has 0 rings (SSSR count). The quantitative estimate of drug-likeness (QED) is 0.586. The Morgan fingerprint density at radius 1 is 1.22 bits per heavy atom. The molecule has 0 spiro atoms. The van der Waals surface area contributed by atoms with E-state index in [9.17, 15) is 0 Å². The smallest absolute Gasteiger partial charge is 0.0481 e. The molecule has 0 aliphatic heterocycles. The summed E-state index contributed by atoms with van der Waals surface area (Å²) >= 11 is 0. The average molecular weight is 131 g/mol. The summed E-state index contributed by atoms with van der Waals surface area (Å²) in [5.74, 6) is 1.30. The Morgan fingerprint density at radius 3 is 1.78 bits per heavy atom. The van der Waals surface area contributed by atoms with Crippen LogP contribution >= 0.6 is 0 Å². The molecule has 0 aromatic rings. The van der Waals surface area contributed by atoms with E-state index >= 15 is 0 Å². The second-order valence-electron chi connectivity index (χ2n) is 2.64. The first kappa shape index (κ1) is 8.92. The van der Waals surface area contributed by atoms with Gasteiger partial charge < -0.3 is 10.2 Å². The third kappa shape index (κ3) is 4.43. The summed E-state index contributed by atoms with van der Waals surface area (Å²) in [5.41, 5.74) is 0. The fourth-order valence-corrected chi connectivity index (χ4v) is 0.764. The zero-order valence-electron chi connectivity index (χ0n) is 6.09. The van der Waals surface area contributed by atoms with Gasteiger partial charge >= 0.3 is 0 Å². The van der Waals surface area contributed by atoms with Crippen LogP contribution in [-0.2, 0) is 0 Å². The van der Waals surface area contributed by atoms with Gasteiger partial charge in [0.1, 0.15) is 0 Å². The zero-order valence-corrected chi connectivity index (χ0v) is 6.09. The van der Waals surface area contributed by atoms with E-state index < -0.39 is 0 Å². The summed E-state index contributed by atoms with van der Waals surface area (Å²) in [5, 5.41) is 17.2. The van der Waals surface area contributed by atoms with Crippen LogP contribution in [0.5, 0.6) is 0 Å². The molecule has 0 heterocycles. The van der Waals surface area contributed by atoms with Gasteiger partial charge in [-0.15, -0.1) is 0 Å². The molecule has 0 unspecified atom stereocenters. The average Bonchev–Trinajstić information content (AvgIpc) is 1.82.